The van der Waals surface area contributed by atoms with E-state index in [1.165, 1.54) is 0 Å². The van der Waals surface area contributed by atoms with Crippen LogP contribution >= 0.6 is 11.8 Å². The minimum absolute atomic E-state index is 0.122. The van der Waals surface area contributed by atoms with E-state index in [-0.39, 0.29) is 18.0 Å². The SMILES string of the molecule is CSc1ccccc1NC(=O)N1CCC[C@@H]1c1nc(C(C)C)no1. The van der Waals surface area contributed by atoms with Gasteiger partial charge >= 0.3 is 6.03 Å². The molecule has 2 amide bonds. The number of carbonyl (C=O) groups is 1. The molecule has 24 heavy (non-hydrogen) atoms. The molecule has 0 spiro atoms. The fourth-order valence-corrected chi connectivity index (χ4v) is 3.37. The number of nitrogens with zero attached hydrogens (tertiary/aromatic N) is 3. The fourth-order valence-electron chi connectivity index (χ4n) is 2.82. The Morgan fingerprint density at radius 3 is 2.92 bits per heavy atom. The molecule has 7 heteroatoms. The zero-order valence-corrected chi connectivity index (χ0v) is 15.0. The number of nitrogens with one attached hydrogen (secondary N) is 1. The molecular formula is C17H22N4O2S. The number of para-hydroxylation sites is 1. The molecule has 1 saturated heterocycles. The Bertz CT molecular complexity index is 716. The van der Waals surface area contributed by atoms with Gasteiger partial charge in [-0.2, -0.15) is 4.98 Å². The first-order chi connectivity index (χ1) is 11.6. The lowest BCUT2D eigenvalue weighted by molar-refractivity contribution is 0.193. The number of amides is 2. The van der Waals surface area contributed by atoms with Crippen molar-refractivity contribution in [3.8, 4) is 0 Å². The van der Waals surface area contributed by atoms with E-state index in [0.29, 0.717) is 18.3 Å². The molecular weight excluding hydrogens is 324 g/mol. The Hall–Kier alpha value is -2.02. The largest absolute Gasteiger partial charge is 0.337 e. The van der Waals surface area contributed by atoms with Gasteiger partial charge in [0.15, 0.2) is 5.82 Å². The summed E-state index contributed by atoms with van der Waals surface area (Å²) in [6, 6.07) is 7.53. The third-order valence-corrected chi connectivity index (χ3v) is 4.92. The number of urea groups is 1. The van der Waals surface area contributed by atoms with Crippen molar-refractivity contribution in [2.45, 2.75) is 43.5 Å². The standard InChI is InChI=1S/C17H22N4O2S/c1-11(2)15-19-16(23-20-15)13-8-6-10-21(13)17(22)18-12-7-4-5-9-14(12)24-3/h4-5,7,9,11,13H,6,8,10H2,1-3H3,(H,18,22)/t13-/m1/s1. The molecule has 1 aliphatic heterocycles. The monoisotopic (exact) mass is 346 g/mol. The van der Waals surface area contributed by atoms with Crippen LogP contribution in [0.1, 0.15) is 50.4 Å². The summed E-state index contributed by atoms with van der Waals surface area (Å²) in [5.41, 5.74) is 0.828. The minimum atomic E-state index is -0.147. The van der Waals surface area contributed by atoms with E-state index in [2.05, 4.69) is 15.5 Å². The van der Waals surface area contributed by atoms with Crippen molar-refractivity contribution in [3.05, 3.63) is 36.0 Å². The second-order valence-electron chi connectivity index (χ2n) is 6.13. The van der Waals surface area contributed by atoms with Gasteiger partial charge in [-0.3, -0.25) is 0 Å². The van der Waals surface area contributed by atoms with E-state index < -0.39 is 0 Å². The maximum absolute atomic E-state index is 12.7. The van der Waals surface area contributed by atoms with Gasteiger partial charge in [0.05, 0.1) is 5.69 Å². The van der Waals surface area contributed by atoms with Crippen molar-refractivity contribution in [2.75, 3.05) is 18.1 Å². The van der Waals surface area contributed by atoms with Crippen LogP contribution in [0.5, 0.6) is 0 Å². The first-order valence-corrected chi connectivity index (χ1v) is 9.36. The van der Waals surface area contributed by atoms with Gasteiger partial charge in [-0.1, -0.05) is 31.1 Å². The van der Waals surface area contributed by atoms with Gasteiger partial charge in [-0.05, 0) is 31.2 Å². The molecule has 1 aromatic heterocycles. The summed E-state index contributed by atoms with van der Waals surface area (Å²) in [5.74, 6) is 1.43. The van der Waals surface area contributed by atoms with E-state index in [1.54, 1.807) is 16.7 Å². The summed E-state index contributed by atoms with van der Waals surface area (Å²) in [5, 5.41) is 7.03. The van der Waals surface area contributed by atoms with Gasteiger partial charge in [0.25, 0.3) is 0 Å². The summed E-state index contributed by atoms with van der Waals surface area (Å²) >= 11 is 1.61. The number of carbonyl (C=O) groups excluding carboxylic acids is 1. The van der Waals surface area contributed by atoms with Crippen LogP contribution in [0.3, 0.4) is 0 Å². The number of likely N-dealkylation sites (tertiary alicyclic amines) is 1. The third-order valence-electron chi connectivity index (χ3n) is 4.12. The second kappa shape index (κ2) is 7.25. The molecule has 0 radical (unpaired) electrons. The van der Waals surface area contributed by atoms with Gasteiger partial charge in [0.1, 0.15) is 6.04 Å². The van der Waals surface area contributed by atoms with E-state index in [4.69, 9.17) is 4.52 Å². The second-order valence-corrected chi connectivity index (χ2v) is 6.98. The summed E-state index contributed by atoms with van der Waals surface area (Å²) in [7, 11) is 0. The Labute approximate surface area is 146 Å². The van der Waals surface area contributed by atoms with Crippen LogP contribution < -0.4 is 5.32 Å². The maximum Gasteiger partial charge on any atom is 0.322 e. The Balaban J connectivity index is 1.76. The normalized spacial score (nSPS) is 17.5. The highest BCUT2D eigenvalue weighted by atomic mass is 32.2. The Kier molecular flexibility index (Phi) is 5.08. The van der Waals surface area contributed by atoms with Crippen LogP contribution in [0, 0.1) is 0 Å². The molecule has 1 aliphatic rings. The highest BCUT2D eigenvalue weighted by Gasteiger charge is 2.34. The molecule has 2 heterocycles. The molecule has 0 bridgehead atoms. The molecule has 1 aromatic carbocycles. The lowest BCUT2D eigenvalue weighted by atomic mass is 10.2. The average Bonchev–Trinajstić information content (AvgIpc) is 3.24. The van der Waals surface area contributed by atoms with Crippen LogP contribution in [0.2, 0.25) is 0 Å². The average molecular weight is 346 g/mol. The zero-order chi connectivity index (χ0) is 17.1. The molecule has 1 N–H and O–H groups in total. The molecule has 0 saturated carbocycles. The zero-order valence-electron chi connectivity index (χ0n) is 14.2. The molecule has 3 rings (SSSR count). The first kappa shape index (κ1) is 16.8. The van der Waals surface area contributed by atoms with Crippen LogP contribution in [-0.4, -0.2) is 33.9 Å². The number of thioether (sulfide) groups is 1. The summed E-state index contributed by atoms with van der Waals surface area (Å²) in [4.78, 5) is 20.0. The lowest BCUT2D eigenvalue weighted by Crippen LogP contribution is -2.34. The molecule has 1 fully saturated rings. The quantitative estimate of drug-likeness (QED) is 0.837. The van der Waals surface area contributed by atoms with E-state index in [1.807, 2.05) is 44.4 Å². The maximum atomic E-state index is 12.7. The molecule has 0 aliphatic carbocycles. The van der Waals surface area contributed by atoms with E-state index in [0.717, 1.165) is 23.4 Å². The lowest BCUT2D eigenvalue weighted by Gasteiger charge is -2.22. The van der Waals surface area contributed by atoms with Gasteiger partial charge < -0.3 is 14.7 Å². The molecule has 1 atom stereocenters. The smallest absolute Gasteiger partial charge is 0.322 e. The Morgan fingerprint density at radius 1 is 1.42 bits per heavy atom. The van der Waals surface area contributed by atoms with E-state index in [9.17, 15) is 4.79 Å². The van der Waals surface area contributed by atoms with Gasteiger partial charge in [0, 0.05) is 17.4 Å². The number of rotatable bonds is 4. The minimum Gasteiger partial charge on any atom is -0.337 e. The number of hydrogen-bond acceptors (Lipinski definition) is 5. The van der Waals surface area contributed by atoms with Gasteiger partial charge in [-0.15, -0.1) is 11.8 Å². The van der Waals surface area contributed by atoms with Crippen molar-refractivity contribution in [3.63, 3.8) is 0 Å². The molecule has 0 unspecified atom stereocenters. The highest BCUT2D eigenvalue weighted by Crippen LogP contribution is 2.33. The van der Waals surface area contributed by atoms with Crippen LogP contribution in [0.4, 0.5) is 10.5 Å². The number of anilines is 1. The fraction of sp³-hybridized carbons (Fsp3) is 0.471. The van der Waals surface area contributed by atoms with Crippen molar-refractivity contribution in [1.29, 1.82) is 0 Å². The van der Waals surface area contributed by atoms with Gasteiger partial charge in [-0.25, -0.2) is 4.79 Å². The molecule has 128 valence electrons. The first-order valence-electron chi connectivity index (χ1n) is 8.14. The van der Waals surface area contributed by atoms with Gasteiger partial charge in [0.2, 0.25) is 5.89 Å². The van der Waals surface area contributed by atoms with Crippen molar-refractivity contribution >= 4 is 23.5 Å². The van der Waals surface area contributed by atoms with Crippen LogP contribution in [0.25, 0.3) is 0 Å². The summed E-state index contributed by atoms with van der Waals surface area (Å²) in [6.45, 7) is 4.73. The number of hydrogen-bond donors (Lipinski definition) is 1. The predicted octanol–water partition coefficient (Wildman–Crippen LogP) is 4.28. The number of aromatic nitrogens is 2. The number of benzene rings is 1. The van der Waals surface area contributed by atoms with Crippen LogP contribution in [0.15, 0.2) is 33.7 Å². The van der Waals surface area contributed by atoms with Crippen molar-refractivity contribution in [1.82, 2.24) is 15.0 Å². The summed E-state index contributed by atoms with van der Waals surface area (Å²) < 4.78 is 5.40. The van der Waals surface area contributed by atoms with Crippen molar-refractivity contribution in [2.24, 2.45) is 0 Å². The molecule has 2 aromatic rings. The molecule has 6 nitrogen and oxygen atoms in total. The highest BCUT2D eigenvalue weighted by molar-refractivity contribution is 7.98. The topological polar surface area (TPSA) is 71.3 Å². The van der Waals surface area contributed by atoms with Crippen molar-refractivity contribution < 1.29 is 9.32 Å². The van der Waals surface area contributed by atoms with Crippen LogP contribution in [-0.2, 0) is 0 Å². The Morgan fingerprint density at radius 2 is 2.21 bits per heavy atom. The van der Waals surface area contributed by atoms with E-state index >= 15 is 0 Å². The summed E-state index contributed by atoms with van der Waals surface area (Å²) in [6.07, 6.45) is 3.77. The predicted molar refractivity (Wildman–Crippen MR) is 94.3 cm³/mol. The third kappa shape index (κ3) is 3.40.